The summed E-state index contributed by atoms with van der Waals surface area (Å²) < 4.78 is 3.59. The van der Waals surface area contributed by atoms with Crippen molar-refractivity contribution in [1.29, 1.82) is 0 Å². The monoisotopic (exact) mass is 229 g/mol. The molecule has 0 unspecified atom stereocenters. The van der Waals surface area contributed by atoms with Crippen molar-refractivity contribution in [3.05, 3.63) is 11.1 Å². The third-order valence-corrected chi connectivity index (χ3v) is 2.40. The molecule has 7 nitrogen and oxygen atoms in total. The Balaban J connectivity index is 2.48. The average molecular weight is 229 g/mol. The summed E-state index contributed by atoms with van der Waals surface area (Å²) in [6.45, 7) is 0.382. The van der Waals surface area contributed by atoms with Gasteiger partial charge in [0.05, 0.1) is 6.20 Å². The minimum atomic E-state index is -0.171. The number of oxime groups is 1. The molecule has 0 fully saturated rings. The number of carbonyl (C=O) groups is 1. The second kappa shape index (κ2) is 5.25. The highest BCUT2D eigenvalue weighted by atomic mass is 32.1. The zero-order valence-corrected chi connectivity index (χ0v) is 8.94. The zero-order chi connectivity index (χ0) is 11.3. The van der Waals surface area contributed by atoms with Crippen LogP contribution in [-0.4, -0.2) is 45.0 Å². The van der Waals surface area contributed by atoms with E-state index in [9.17, 15) is 4.79 Å². The van der Waals surface area contributed by atoms with Gasteiger partial charge in [0, 0.05) is 20.0 Å². The molecule has 1 aromatic rings. The Hall–Kier alpha value is -1.70. The number of nitrogens with two attached hydrogens (primary N) is 1. The van der Waals surface area contributed by atoms with Crippen molar-refractivity contribution in [3.63, 3.8) is 0 Å². The molecule has 8 heteroatoms. The molecule has 0 aromatic carbocycles. The summed E-state index contributed by atoms with van der Waals surface area (Å²) in [4.78, 5) is 13.6. The standard InChI is InChI=1S/C7H11N5O2S/c1-12(3-2-6(8)10-14)7(13)5-4-9-11-15-5/h4,14H,2-3H2,1H3,(H2,8,10). The highest BCUT2D eigenvalue weighted by molar-refractivity contribution is 7.07. The third kappa shape index (κ3) is 3.17. The Kier molecular flexibility index (Phi) is 3.98. The lowest BCUT2D eigenvalue weighted by Crippen LogP contribution is -2.30. The van der Waals surface area contributed by atoms with E-state index in [0.717, 1.165) is 11.5 Å². The van der Waals surface area contributed by atoms with Crippen molar-refractivity contribution in [2.24, 2.45) is 10.9 Å². The number of carbonyl (C=O) groups excluding carboxylic acids is 1. The maximum Gasteiger partial charge on any atom is 0.266 e. The van der Waals surface area contributed by atoms with Crippen molar-refractivity contribution in [2.45, 2.75) is 6.42 Å². The summed E-state index contributed by atoms with van der Waals surface area (Å²) in [7, 11) is 1.63. The lowest BCUT2D eigenvalue weighted by atomic mass is 10.3. The molecule has 0 radical (unpaired) electrons. The first-order chi connectivity index (χ1) is 7.15. The Bertz CT molecular complexity index is 350. The molecular weight excluding hydrogens is 218 g/mol. The third-order valence-electron chi connectivity index (χ3n) is 1.75. The molecule has 1 amide bonds. The van der Waals surface area contributed by atoms with E-state index in [1.807, 2.05) is 0 Å². The second-order valence-corrected chi connectivity index (χ2v) is 3.64. The fraction of sp³-hybridized carbons (Fsp3) is 0.429. The van der Waals surface area contributed by atoms with E-state index < -0.39 is 0 Å². The maximum atomic E-state index is 11.6. The Morgan fingerprint density at radius 3 is 3.07 bits per heavy atom. The van der Waals surface area contributed by atoms with Crippen LogP contribution in [0.4, 0.5) is 0 Å². The van der Waals surface area contributed by atoms with E-state index in [0.29, 0.717) is 17.8 Å². The Labute approximate surface area is 90.4 Å². The van der Waals surface area contributed by atoms with E-state index in [4.69, 9.17) is 10.9 Å². The Morgan fingerprint density at radius 1 is 1.80 bits per heavy atom. The lowest BCUT2D eigenvalue weighted by Gasteiger charge is -2.14. The van der Waals surface area contributed by atoms with Gasteiger partial charge in [-0.05, 0) is 11.5 Å². The minimum Gasteiger partial charge on any atom is -0.409 e. The van der Waals surface area contributed by atoms with Crippen LogP contribution in [0.5, 0.6) is 0 Å². The molecule has 0 aliphatic rings. The number of hydrogen-bond donors (Lipinski definition) is 2. The van der Waals surface area contributed by atoms with Gasteiger partial charge in [-0.1, -0.05) is 9.64 Å². The first-order valence-corrected chi connectivity index (χ1v) is 4.91. The number of rotatable bonds is 4. The molecule has 0 aliphatic heterocycles. The smallest absolute Gasteiger partial charge is 0.266 e. The first kappa shape index (κ1) is 11.4. The predicted molar refractivity (Wildman–Crippen MR) is 54.9 cm³/mol. The molecule has 0 aliphatic carbocycles. The molecule has 3 N–H and O–H groups in total. The molecule has 0 spiro atoms. The van der Waals surface area contributed by atoms with Crippen LogP contribution < -0.4 is 5.73 Å². The van der Waals surface area contributed by atoms with Gasteiger partial charge in [0.25, 0.3) is 5.91 Å². The van der Waals surface area contributed by atoms with Crippen molar-refractivity contribution in [1.82, 2.24) is 14.5 Å². The van der Waals surface area contributed by atoms with Crippen LogP contribution in [-0.2, 0) is 0 Å². The number of aromatic nitrogens is 2. The van der Waals surface area contributed by atoms with Crippen LogP contribution in [0.1, 0.15) is 16.1 Å². The van der Waals surface area contributed by atoms with Crippen LogP contribution in [0.2, 0.25) is 0 Å². The molecule has 82 valence electrons. The SMILES string of the molecule is CN(CCC(N)=NO)C(=O)c1cnns1. The van der Waals surface area contributed by atoms with Gasteiger partial charge in [-0.2, -0.15) is 0 Å². The summed E-state index contributed by atoms with van der Waals surface area (Å²) >= 11 is 1.04. The van der Waals surface area contributed by atoms with Crippen molar-refractivity contribution in [3.8, 4) is 0 Å². The van der Waals surface area contributed by atoms with Gasteiger partial charge >= 0.3 is 0 Å². The molecule has 1 heterocycles. The van der Waals surface area contributed by atoms with Crippen LogP contribution >= 0.6 is 11.5 Å². The van der Waals surface area contributed by atoms with Crippen LogP contribution in [0.3, 0.4) is 0 Å². The fourth-order valence-electron chi connectivity index (χ4n) is 0.883. The van der Waals surface area contributed by atoms with Gasteiger partial charge < -0.3 is 15.8 Å². The predicted octanol–water partition coefficient (Wildman–Crippen LogP) is -0.253. The fourth-order valence-corrected chi connectivity index (χ4v) is 1.39. The topological polar surface area (TPSA) is 105 Å². The van der Waals surface area contributed by atoms with E-state index in [-0.39, 0.29) is 11.7 Å². The Morgan fingerprint density at radius 2 is 2.53 bits per heavy atom. The van der Waals surface area contributed by atoms with E-state index in [2.05, 4.69) is 14.7 Å². The molecule has 0 atom stereocenters. The van der Waals surface area contributed by atoms with Gasteiger partial charge in [-0.15, -0.1) is 5.10 Å². The minimum absolute atomic E-state index is 0.0945. The highest BCUT2D eigenvalue weighted by Gasteiger charge is 2.13. The highest BCUT2D eigenvalue weighted by Crippen LogP contribution is 2.05. The van der Waals surface area contributed by atoms with Crippen molar-refractivity contribution < 1.29 is 10.0 Å². The summed E-state index contributed by atoms with van der Waals surface area (Å²) in [6.07, 6.45) is 1.73. The molecular formula is C7H11N5O2S. The molecule has 0 saturated carbocycles. The van der Waals surface area contributed by atoms with Gasteiger partial charge in [-0.3, -0.25) is 4.79 Å². The van der Waals surface area contributed by atoms with E-state index >= 15 is 0 Å². The molecule has 0 bridgehead atoms. The molecule has 0 saturated heterocycles. The van der Waals surface area contributed by atoms with E-state index in [1.165, 1.54) is 11.1 Å². The first-order valence-electron chi connectivity index (χ1n) is 4.14. The van der Waals surface area contributed by atoms with Gasteiger partial charge in [0.15, 0.2) is 0 Å². The summed E-state index contributed by atoms with van der Waals surface area (Å²) in [6, 6.07) is 0. The van der Waals surface area contributed by atoms with Gasteiger partial charge in [0.1, 0.15) is 10.7 Å². The number of amidine groups is 1. The molecule has 15 heavy (non-hydrogen) atoms. The van der Waals surface area contributed by atoms with E-state index in [1.54, 1.807) is 7.05 Å². The number of hydrogen-bond acceptors (Lipinski definition) is 6. The maximum absolute atomic E-state index is 11.6. The number of amides is 1. The summed E-state index contributed by atoms with van der Waals surface area (Å²) in [5.74, 6) is -0.0761. The zero-order valence-electron chi connectivity index (χ0n) is 8.12. The summed E-state index contributed by atoms with van der Waals surface area (Å²) in [5, 5.41) is 14.7. The molecule has 1 rings (SSSR count). The lowest BCUT2D eigenvalue weighted by molar-refractivity contribution is 0.0803. The van der Waals surface area contributed by atoms with Crippen LogP contribution in [0, 0.1) is 0 Å². The van der Waals surface area contributed by atoms with Gasteiger partial charge in [0.2, 0.25) is 0 Å². The van der Waals surface area contributed by atoms with Gasteiger partial charge in [-0.25, -0.2) is 0 Å². The largest absolute Gasteiger partial charge is 0.409 e. The quantitative estimate of drug-likeness (QED) is 0.320. The summed E-state index contributed by atoms with van der Waals surface area (Å²) in [5.41, 5.74) is 5.28. The number of nitrogens with zero attached hydrogens (tertiary/aromatic N) is 4. The van der Waals surface area contributed by atoms with Crippen LogP contribution in [0.15, 0.2) is 11.4 Å². The molecule has 1 aromatic heterocycles. The van der Waals surface area contributed by atoms with Crippen LogP contribution in [0.25, 0.3) is 0 Å². The second-order valence-electron chi connectivity index (χ2n) is 2.85. The van der Waals surface area contributed by atoms with Crippen molar-refractivity contribution in [2.75, 3.05) is 13.6 Å². The van der Waals surface area contributed by atoms with Crippen molar-refractivity contribution >= 4 is 23.3 Å². The normalized spacial score (nSPS) is 11.4. The average Bonchev–Trinajstić information content (AvgIpc) is 2.77.